The van der Waals surface area contributed by atoms with E-state index in [2.05, 4.69) is 11.9 Å². The number of anilines is 1. The average molecular weight is 531 g/mol. The minimum Gasteiger partial charge on any atom is -0.466 e. The second-order valence-electron chi connectivity index (χ2n) is 8.14. The van der Waals surface area contributed by atoms with Crippen LogP contribution in [0.1, 0.15) is 49.0 Å². The molecule has 0 unspecified atom stereocenters. The lowest BCUT2D eigenvalue weighted by molar-refractivity contribution is -0.146. The van der Waals surface area contributed by atoms with Crippen LogP contribution in [0, 0.1) is 6.92 Å². The molecule has 9 nitrogen and oxygen atoms in total. The minimum atomic E-state index is -3.85. The van der Waals surface area contributed by atoms with Crippen LogP contribution in [0.4, 0.5) is 5.69 Å². The molecule has 0 saturated carbocycles. The Morgan fingerprint density at radius 2 is 1.62 bits per heavy atom. The number of rotatable bonds is 14. The molecule has 2 aromatic rings. The number of sulfonamides is 1. The van der Waals surface area contributed by atoms with Gasteiger partial charge in [0.15, 0.2) is 0 Å². The molecule has 10 heteroatoms. The normalized spacial score (nSPS) is 11.8. The molecule has 0 radical (unpaired) electrons. The maximum Gasteiger partial charge on any atom is 0.328 e. The first-order valence-electron chi connectivity index (χ1n) is 12.1. The summed E-state index contributed by atoms with van der Waals surface area (Å²) in [5.74, 6) is -1.70. The highest BCUT2D eigenvalue weighted by Crippen LogP contribution is 2.25. The number of benzene rings is 2. The van der Waals surface area contributed by atoms with Crippen molar-refractivity contribution in [2.24, 2.45) is 0 Å². The Morgan fingerprint density at radius 3 is 2.19 bits per heavy atom. The fourth-order valence-corrected chi connectivity index (χ4v) is 4.92. The molecule has 0 saturated heterocycles. The molecule has 0 aliphatic heterocycles. The van der Waals surface area contributed by atoms with Crippen molar-refractivity contribution in [3.63, 3.8) is 0 Å². The number of hydrogen-bond donors (Lipinski definition) is 1. The zero-order chi connectivity index (χ0) is 27.4. The monoisotopic (exact) mass is 530 g/mol. The molecule has 1 atom stereocenters. The Hall–Kier alpha value is -3.66. The first kappa shape index (κ1) is 29.6. The van der Waals surface area contributed by atoms with Crippen molar-refractivity contribution < 1.29 is 32.3 Å². The fraction of sp³-hybridized carbons (Fsp3) is 0.370. The SMILES string of the molecule is C=CCCN(c1ccc(C(=O)N[C@H](CCC(=O)OCC)C(=O)OCC)cc1)S(=O)(=O)c1ccc(C)cc1. The fourth-order valence-electron chi connectivity index (χ4n) is 3.44. The zero-order valence-electron chi connectivity index (χ0n) is 21.4. The van der Waals surface area contributed by atoms with Gasteiger partial charge in [-0.05, 0) is 70.0 Å². The smallest absolute Gasteiger partial charge is 0.328 e. The Bertz CT molecular complexity index is 1180. The van der Waals surface area contributed by atoms with Crippen LogP contribution < -0.4 is 9.62 Å². The van der Waals surface area contributed by atoms with Crippen LogP contribution in [0.3, 0.4) is 0 Å². The van der Waals surface area contributed by atoms with Crippen LogP contribution in [0.15, 0.2) is 66.1 Å². The predicted molar refractivity (Wildman–Crippen MR) is 141 cm³/mol. The van der Waals surface area contributed by atoms with Gasteiger partial charge in [-0.25, -0.2) is 13.2 Å². The molecule has 37 heavy (non-hydrogen) atoms. The van der Waals surface area contributed by atoms with E-state index >= 15 is 0 Å². The third-order valence-electron chi connectivity index (χ3n) is 5.38. The van der Waals surface area contributed by atoms with E-state index in [1.807, 2.05) is 6.92 Å². The van der Waals surface area contributed by atoms with Crippen molar-refractivity contribution in [1.29, 1.82) is 0 Å². The van der Waals surface area contributed by atoms with E-state index in [9.17, 15) is 22.8 Å². The van der Waals surface area contributed by atoms with Crippen LogP contribution in [-0.4, -0.2) is 52.1 Å². The van der Waals surface area contributed by atoms with Crippen LogP contribution in [0.5, 0.6) is 0 Å². The van der Waals surface area contributed by atoms with Gasteiger partial charge >= 0.3 is 11.9 Å². The summed E-state index contributed by atoms with van der Waals surface area (Å²) in [4.78, 5) is 37.0. The lowest BCUT2D eigenvalue weighted by Gasteiger charge is -2.24. The van der Waals surface area contributed by atoms with E-state index in [-0.39, 0.29) is 43.1 Å². The molecule has 2 aromatic carbocycles. The van der Waals surface area contributed by atoms with Crippen molar-refractivity contribution >= 4 is 33.6 Å². The Labute approximate surface area is 218 Å². The summed E-state index contributed by atoms with van der Waals surface area (Å²) in [7, 11) is -3.85. The summed E-state index contributed by atoms with van der Waals surface area (Å²) >= 11 is 0. The third kappa shape index (κ3) is 8.45. The van der Waals surface area contributed by atoms with Crippen LogP contribution in [0.2, 0.25) is 0 Å². The highest BCUT2D eigenvalue weighted by molar-refractivity contribution is 7.92. The number of amides is 1. The standard InChI is InChI=1S/C27H34N2O7S/c1-5-8-19-29(37(33,34)23-15-9-20(4)10-16-23)22-13-11-21(12-14-22)26(31)28-24(27(32)36-7-3)17-18-25(30)35-6-2/h5,9-16,24H,1,6-8,17-19H2,2-4H3,(H,28,31)/t24-/m1/s1. The second-order valence-corrected chi connectivity index (χ2v) is 10.00. The van der Waals surface area contributed by atoms with Crippen molar-refractivity contribution in [3.8, 4) is 0 Å². The van der Waals surface area contributed by atoms with E-state index in [1.54, 1.807) is 44.2 Å². The maximum atomic E-state index is 13.3. The number of hydrogen-bond acceptors (Lipinski definition) is 7. The molecule has 1 N–H and O–H groups in total. The molecule has 0 heterocycles. The van der Waals surface area contributed by atoms with E-state index in [4.69, 9.17) is 9.47 Å². The highest BCUT2D eigenvalue weighted by Gasteiger charge is 2.26. The van der Waals surface area contributed by atoms with E-state index in [0.29, 0.717) is 12.1 Å². The quantitative estimate of drug-likeness (QED) is 0.292. The summed E-state index contributed by atoms with van der Waals surface area (Å²) in [6, 6.07) is 11.5. The number of ether oxygens (including phenoxy) is 2. The largest absolute Gasteiger partial charge is 0.466 e. The number of nitrogens with zero attached hydrogens (tertiary/aromatic N) is 1. The van der Waals surface area contributed by atoms with E-state index in [0.717, 1.165) is 5.56 Å². The van der Waals surface area contributed by atoms with Gasteiger partial charge in [-0.2, -0.15) is 0 Å². The van der Waals surface area contributed by atoms with Gasteiger partial charge in [-0.1, -0.05) is 23.8 Å². The molecule has 0 aliphatic carbocycles. The van der Waals surface area contributed by atoms with Crippen molar-refractivity contribution in [1.82, 2.24) is 5.32 Å². The minimum absolute atomic E-state index is 0.0195. The number of carbonyl (C=O) groups is 3. The number of carbonyl (C=O) groups excluding carboxylic acids is 3. The maximum absolute atomic E-state index is 13.3. The van der Waals surface area contributed by atoms with Crippen molar-refractivity contribution in [3.05, 3.63) is 72.3 Å². The average Bonchev–Trinajstić information content (AvgIpc) is 2.87. The molecule has 0 aliphatic rings. The molecule has 1 amide bonds. The number of esters is 2. The molecule has 200 valence electrons. The molecule has 0 fully saturated rings. The lowest BCUT2D eigenvalue weighted by Crippen LogP contribution is -2.42. The summed E-state index contributed by atoms with van der Waals surface area (Å²) < 4.78 is 37.9. The van der Waals surface area contributed by atoms with E-state index in [1.165, 1.54) is 28.6 Å². The molecule has 0 aromatic heterocycles. The van der Waals surface area contributed by atoms with Crippen LogP contribution >= 0.6 is 0 Å². The topological polar surface area (TPSA) is 119 Å². The van der Waals surface area contributed by atoms with Gasteiger partial charge in [0.25, 0.3) is 15.9 Å². The highest BCUT2D eigenvalue weighted by atomic mass is 32.2. The van der Waals surface area contributed by atoms with E-state index < -0.39 is 33.9 Å². The van der Waals surface area contributed by atoms with Gasteiger partial charge in [0.1, 0.15) is 6.04 Å². The van der Waals surface area contributed by atoms with Gasteiger partial charge in [0, 0.05) is 18.5 Å². The third-order valence-corrected chi connectivity index (χ3v) is 7.22. The number of nitrogens with one attached hydrogen (secondary N) is 1. The van der Waals surface area contributed by atoms with Gasteiger partial charge < -0.3 is 14.8 Å². The summed E-state index contributed by atoms with van der Waals surface area (Å²) in [6.07, 6.45) is 2.01. The summed E-state index contributed by atoms with van der Waals surface area (Å²) in [5.41, 5.74) is 1.53. The molecule has 0 bridgehead atoms. The van der Waals surface area contributed by atoms with Gasteiger partial charge in [0.05, 0.1) is 23.8 Å². The molecule has 2 rings (SSSR count). The number of aryl methyl sites for hydroxylation is 1. The van der Waals surface area contributed by atoms with Gasteiger partial charge in [0.2, 0.25) is 0 Å². The summed E-state index contributed by atoms with van der Waals surface area (Å²) in [6.45, 7) is 9.38. The second kappa shape index (κ2) is 14.2. The molecular weight excluding hydrogens is 496 g/mol. The lowest BCUT2D eigenvalue weighted by atomic mass is 10.1. The van der Waals surface area contributed by atoms with Gasteiger partial charge in [-0.15, -0.1) is 6.58 Å². The Morgan fingerprint density at radius 1 is 1.00 bits per heavy atom. The predicted octanol–water partition coefficient (Wildman–Crippen LogP) is 3.77. The molecular formula is C27H34N2O7S. The van der Waals surface area contributed by atoms with Crippen LogP contribution in [-0.2, 0) is 29.1 Å². The Kier molecular flexibility index (Phi) is 11.3. The first-order valence-corrected chi connectivity index (χ1v) is 13.5. The molecule has 0 spiro atoms. The van der Waals surface area contributed by atoms with Crippen molar-refractivity contribution in [2.75, 3.05) is 24.1 Å². The zero-order valence-corrected chi connectivity index (χ0v) is 22.3. The Balaban J connectivity index is 2.24. The summed E-state index contributed by atoms with van der Waals surface area (Å²) in [5, 5.41) is 2.59. The van der Waals surface area contributed by atoms with Crippen LogP contribution in [0.25, 0.3) is 0 Å². The first-order chi connectivity index (χ1) is 17.6. The van der Waals surface area contributed by atoms with Gasteiger partial charge in [-0.3, -0.25) is 13.9 Å². The van der Waals surface area contributed by atoms with Crippen molar-refractivity contribution in [2.45, 2.75) is 51.0 Å².